The van der Waals surface area contributed by atoms with Crippen LogP contribution in [0.3, 0.4) is 0 Å². The molecule has 0 saturated carbocycles. The molecule has 1 aromatic carbocycles. The highest BCUT2D eigenvalue weighted by Gasteiger charge is 2.31. The summed E-state index contributed by atoms with van der Waals surface area (Å²) >= 11 is 0. The summed E-state index contributed by atoms with van der Waals surface area (Å²) in [6.45, 7) is 5.04. The van der Waals surface area contributed by atoms with E-state index >= 15 is 0 Å². The van der Waals surface area contributed by atoms with Crippen LogP contribution < -0.4 is 4.74 Å². The number of hydrogen-bond acceptors (Lipinski definition) is 4. The molecule has 1 aliphatic rings. The van der Waals surface area contributed by atoms with E-state index in [1.165, 1.54) is 0 Å². The van der Waals surface area contributed by atoms with E-state index in [1.54, 1.807) is 23.9 Å². The fourth-order valence-electron chi connectivity index (χ4n) is 3.34. The van der Waals surface area contributed by atoms with Crippen molar-refractivity contribution in [3.05, 3.63) is 42.4 Å². The zero-order chi connectivity index (χ0) is 18.7. The number of methoxy groups -OCH3 is 1. The van der Waals surface area contributed by atoms with E-state index in [9.17, 15) is 8.42 Å². The molecule has 7 heteroatoms. The number of sulfonamides is 1. The van der Waals surface area contributed by atoms with Gasteiger partial charge in [0.2, 0.25) is 0 Å². The van der Waals surface area contributed by atoms with Gasteiger partial charge in [0, 0.05) is 25.3 Å². The fourth-order valence-corrected chi connectivity index (χ4v) is 4.78. The van der Waals surface area contributed by atoms with Gasteiger partial charge in [-0.15, -0.1) is 0 Å². The topological polar surface area (TPSA) is 64.4 Å². The minimum atomic E-state index is -3.58. The molecule has 0 spiro atoms. The van der Waals surface area contributed by atoms with Crippen LogP contribution in [-0.2, 0) is 10.0 Å². The first-order chi connectivity index (χ1) is 12.4. The van der Waals surface area contributed by atoms with Crippen LogP contribution in [0.4, 0.5) is 0 Å². The first-order valence-corrected chi connectivity index (χ1v) is 10.5. The van der Waals surface area contributed by atoms with Gasteiger partial charge in [0.25, 0.3) is 10.0 Å². The fraction of sp³-hybridized carbons (Fsp3) is 0.526. The van der Waals surface area contributed by atoms with Crippen LogP contribution >= 0.6 is 0 Å². The van der Waals surface area contributed by atoms with E-state index in [1.807, 2.05) is 42.7 Å². The number of benzene rings is 1. The predicted octanol–water partition coefficient (Wildman–Crippen LogP) is 3.43. The molecule has 0 aliphatic carbocycles. The summed E-state index contributed by atoms with van der Waals surface area (Å²) in [6, 6.07) is 8.12. The molecule has 0 radical (unpaired) electrons. The van der Waals surface area contributed by atoms with E-state index in [2.05, 4.69) is 4.98 Å². The Hall–Kier alpha value is -1.86. The van der Waals surface area contributed by atoms with Gasteiger partial charge in [-0.3, -0.25) is 0 Å². The number of rotatable bonds is 5. The van der Waals surface area contributed by atoms with E-state index in [0.717, 1.165) is 30.6 Å². The highest BCUT2D eigenvalue weighted by atomic mass is 32.2. The van der Waals surface area contributed by atoms with Crippen molar-refractivity contribution in [1.82, 2.24) is 13.9 Å². The van der Waals surface area contributed by atoms with E-state index < -0.39 is 10.0 Å². The van der Waals surface area contributed by atoms with Gasteiger partial charge in [0.1, 0.15) is 5.75 Å². The van der Waals surface area contributed by atoms with E-state index in [4.69, 9.17) is 4.74 Å². The molecule has 6 nitrogen and oxygen atoms in total. The minimum absolute atomic E-state index is 0.140. The third-order valence-electron chi connectivity index (χ3n) is 5.00. The third-order valence-corrected chi connectivity index (χ3v) is 6.75. The molecule has 2 aromatic rings. The molecule has 1 atom stereocenters. The molecule has 0 N–H and O–H groups in total. The van der Waals surface area contributed by atoms with E-state index in [-0.39, 0.29) is 17.0 Å². The minimum Gasteiger partial charge on any atom is -0.497 e. The maximum Gasteiger partial charge on any atom is 0.262 e. The Morgan fingerprint density at radius 1 is 1.19 bits per heavy atom. The number of hydrogen-bond donors (Lipinski definition) is 0. The summed E-state index contributed by atoms with van der Waals surface area (Å²) in [5.74, 6) is 0.997. The first-order valence-electron chi connectivity index (χ1n) is 9.09. The first kappa shape index (κ1) is 18.9. The molecule has 1 saturated heterocycles. The van der Waals surface area contributed by atoms with Crippen LogP contribution in [0.15, 0.2) is 41.8 Å². The average molecular weight is 378 g/mol. The SMILES string of the molecule is COc1ccc([C@@H]2CCCCN(S(=O)(=O)c3cn(C(C)C)cn3)C2)cc1. The van der Waals surface area contributed by atoms with Crippen molar-refractivity contribution >= 4 is 10.0 Å². The molecule has 0 bridgehead atoms. The second-order valence-electron chi connectivity index (χ2n) is 7.08. The Labute approximate surface area is 155 Å². The molecule has 2 heterocycles. The second-order valence-corrected chi connectivity index (χ2v) is 8.97. The van der Waals surface area contributed by atoms with Crippen LogP contribution in [0.25, 0.3) is 0 Å². The normalized spacial score (nSPS) is 19.5. The smallest absolute Gasteiger partial charge is 0.262 e. The van der Waals surface area contributed by atoms with Crippen LogP contribution in [0.5, 0.6) is 5.75 Å². The van der Waals surface area contributed by atoms with Crippen molar-refractivity contribution in [2.45, 2.75) is 50.1 Å². The zero-order valence-electron chi connectivity index (χ0n) is 15.6. The molecular formula is C19H27N3O3S. The van der Waals surface area contributed by atoms with Gasteiger partial charge >= 0.3 is 0 Å². The lowest BCUT2D eigenvalue weighted by Crippen LogP contribution is -2.34. The van der Waals surface area contributed by atoms with Gasteiger partial charge in [-0.2, -0.15) is 4.31 Å². The Morgan fingerprint density at radius 3 is 2.54 bits per heavy atom. The summed E-state index contributed by atoms with van der Waals surface area (Å²) in [5.41, 5.74) is 1.15. The molecule has 3 rings (SSSR count). The van der Waals surface area contributed by atoms with Gasteiger partial charge in [0.15, 0.2) is 5.03 Å². The Bertz CT molecular complexity index is 828. The summed E-state index contributed by atoms with van der Waals surface area (Å²) in [6.07, 6.45) is 6.10. The Morgan fingerprint density at radius 2 is 1.92 bits per heavy atom. The maximum atomic E-state index is 13.1. The van der Waals surface area contributed by atoms with Crippen molar-refractivity contribution in [1.29, 1.82) is 0 Å². The molecule has 26 heavy (non-hydrogen) atoms. The lowest BCUT2D eigenvalue weighted by molar-refractivity contribution is 0.403. The highest BCUT2D eigenvalue weighted by molar-refractivity contribution is 7.89. The number of nitrogens with zero attached hydrogens (tertiary/aromatic N) is 3. The molecule has 1 fully saturated rings. The number of aromatic nitrogens is 2. The largest absolute Gasteiger partial charge is 0.497 e. The number of ether oxygens (including phenoxy) is 1. The summed E-state index contributed by atoms with van der Waals surface area (Å²) < 4.78 is 34.8. The van der Waals surface area contributed by atoms with Crippen LogP contribution in [-0.4, -0.2) is 42.5 Å². The van der Waals surface area contributed by atoms with Gasteiger partial charge < -0.3 is 9.30 Å². The number of imidazole rings is 1. The monoisotopic (exact) mass is 377 g/mol. The van der Waals surface area contributed by atoms with Crippen LogP contribution in [0.2, 0.25) is 0 Å². The van der Waals surface area contributed by atoms with E-state index in [0.29, 0.717) is 13.1 Å². The van der Waals surface area contributed by atoms with Gasteiger partial charge in [-0.05, 0) is 50.3 Å². The van der Waals surface area contributed by atoms with Crippen molar-refractivity contribution in [3.63, 3.8) is 0 Å². The molecule has 1 aromatic heterocycles. The van der Waals surface area contributed by atoms with Crippen molar-refractivity contribution in [2.24, 2.45) is 0 Å². The Kier molecular flexibility index (Phi) is 5.67. The Balaban J connectivity index is 1.83. The van der Waals surface area contributed by atoms with Gasteiger partial charge in [0.05, 0.1) is 13.4 Å². The summed E-state index contributed by atoms with van der Waals surface area (Å²) in [4.78, 5) is 4.15. The molecule has 0 unspecified atom stereocenters. The van der Waals surface area contributed by atoms with Crippen LogP contribution in [0, 0.1) is 0 Å². The lowest BCUT2D eigenvalue weighted by atomic mass is 9.94. The second kappa shape index (κ2) is 7.80. The quantitative estimate of drug-likeness (QED) is 0.801. The maximum absolute atomic E-state index is 13.1. The predicted molar refractivity (Wildman–Crippen MR) is 101 cm³/mol. The van der Waals surface area contributed by atoms with Crippen molar-refractivity contribution < 1.29 is 13.2 Å². The summed E-state index contributed by atoms with van der Waals surface area (Å²) in [5, 5.41) is 0.140. The molecular weight excluding hydrogens is 350 g/mol. The van der Waals surface area contributed by atoms with Crippen molar-refractivity contribution in [2.75, 3.05) is 20.2 Å². The van der Waals surface area contributed by atoms with Crippen LogP contribution in [0.1, 0.15) is 50.6 Å². The molecule has 1 aliphatic heterocycles. The van der Waals surface area contributed by atoms with Crippen molar-refractivity contribution in [3.8, 4) is 5.75 Å². The zero-order valence-corrected chi connectivity index (χ0v) is 16.4. The summed E-state index contributed by atoms with van der Waals surface area (Å²) in [7, 11) is -1.93. The van der Waals surface area contributed by atoms with Gasteiger partial charge in [-0.25, -0.2) is 13.4 Å². The van der Waals surface area contributed by atoms with Gasteiger partial charge in [-0.1, -0.05) is 18.6 Å². The molecule has 0 amide bonds. The highest BCUT2D eigenvalue weighted by Crippen LogP contribution is 2.30. The standard InChI is InChI=1S/C19H27N3O3S/c1-15(2)21-13-19(20-14-21)26(23,24)22-11-5-4-6-17(12-22)16-7-9-18(25-3)10-8-16/h7-10,13-15,17H,4-6,11-12H2,1-3H3/t17-/m1/s1. The third kappa shape index (κ3) is 3.94. The average Bonchev–Trinajstić information content (AvgIpc) is 3.01. The molecule has 142 valence electrons. The lowest BCUT2D eigenvalue weighted by Gasteiger charge is -2.23.